The summed E-state index contributed by atoms with van der Waals surface area (Å²) in [6.45, 7) is 2.23. The van der Waals surface area contributed by atoms with Crippen LogP contribution >= 0.6 is 38.5 Å². The van der Waals surface area contributed by atoms with Crippen LogP contribution in [-0.2, 0) is 0 Å². The van der Waals surface area contributed by atoms with Gasteiger partial charge in [0.05, 0.1) is 0 Å². The Kier molecular flexibility index (Phi) is 8.95. The van der Waals surface area contributed by atoms with Crippen molar-refractivity contribution in [3.63, 3.8) is 0 Å². The van der Waals surface area contributed by atoms with Gasteiger partial charge in [-0.15, -0.1) is 0 Å². The number of hydrogen-bond donors (Lipinski definition) is 0. The van der Waals surface area contributed by atoms with Crippen LogP contribution < -0.4 is 0 Å². The minimum absolute atomic E-state index is 0.263. The van der Waals surface area contributed by atoms with Crippen molar-refractivity contribution in [1.29, 1.82) is 0 Å². The standard InChI is InChI=1S/C16H22BrIO/c1-2-3-4-5-6-7-8-9-16(19)14-12-13(18)10-11-15(14)17/h10-12H,2-9H2,1H3. The molecule has 0 aliphatic heterocycles. The Morgan fingerprint density at radius 3 is 2.42 bits per heavy atom. The summed E-state index contributed by atoms with van der Waals surface area (Å²) < 4.78 is 2.03. The number of halogens is 2. The van der Waals surface area contributed by atoms with Crippen molar-refractivity contribution in [2.24, 2.45) is 0 Å². The number of hydrogen-bond acceptors (Lipinski definition) is 1. The first-order chi connectivity index (χ1) is 9.15. The van der Waals surface area contributed by atoms with Crippen LogP contribution in [0, 0.1) is 3.57 Å². The lowest BCUT2D eigenvalue weighted by Crippen LogP contribution is -2.00. The molecule has 0 saturated heterocycles. The first kappa shape index (κ1) is 17.2. The summed E-state index contributed by atoms with van der Waals surface area (Å²) >= 11 is 5.70. The number of unbranched alkanes of at least 4 members (excludes halogenated alkanes) is 6. The fourth-order valence-electron chi connectivity index (χ4n) is 2.09. The SMILES string of the molecule is CCCCCCCCCC(=O)c1cc(I)ccc1Br. The van der Waals surface area contributed by atoms with Gasteiger partial charge in [-0.3, -0.25) is 4.79 Å². The average Bonchev–Trinajstić information content (AvgIpc) is 2.40. The van der Waals surface area contributed by atoms with Crippen molar-refractivity contribution in [3.8, 4) is 0 Å². The van der Waals surface area contributed by atoms with Crippen LogP contribution in [0.3, 0.4) is 0 Å². The lowest BCUT2D eigenvalue weighted by atomic mass is 10.0. The fourth-order valence-corrected chi connectivity index (χ4v) is 3.05. The van der Waals surface area contributed by atoms with Crippen molar-refractivity contribution in [2.75, 3.05) is 0 Å². The second kappa shape index (κ2) is 9.92. The molecule has 0 amide bonds. The molecule has 3 heteroatoms. The van der Waals surface area contributed by atoms with Crippen LogP contribution in [0.5, 0.6) is 0 Å². The Bertz CT molecular complexity index is 404. The van der Waals surface area contributed by atoms with Crippen LogP contribution in [-0.4, -0.2) is 5.78 Å². The van der Waals surface area contributed by atoms with Gasteiger partial charge in [0.2, 0.25) is 0 Å². The van der Waals surface area contributed by atoms with Gasteiger partial charge in [-0.05, 0) is 47.2 Å². The molecule has 0 bridgehead atoms. The van der Waals surface area contributed by atoms with Crippen LogP contribution in [0.1, 0.15) is 68.6 Å². The Balaban J connectivity index is 2.26. The van der Waals surface area contributed by atoms with Crippen LogP contribution in [0.2, 0.25) is 0 Å². The topological polar surface area (TPSA) is 17.1 Å². The highest BCUT2D eigenvalue weighted by Gasteiger charge is 2.10. The summed E-state index contributed by atoms with van der Waals surface area (Å²) in [6, 6.07) is 5.93. The number of carbonyl (C=O) groups is 1. The zero-order valence-corrected chi connectivity index (χ0v) is 15.3. The first-order valence-electron chi connectivity index (χ1n) is 7.13. The van der Waals surface area contributed by atoms with E-state index in [-0.39, 0.29) is 5.78 Å². The third-order valence-corrected chi connectivity index (χ3v) is 4.60. The normalized spacial score (nSPS) is 10.7. The molecular formula is C16H22BrIO. The van der Waals surface area contributed by atoms with Crippen molar-refractivity contribution in [1.82, 2.24) is 0 Å². The molecule has 0 unspecified atom stereocenters. The van der Waals surface area contributed by atoms with E-state index in [9.17, 15) is 4.79 Å². The molecule has 0 aromatic heterocycles. The molecule has 1 nitrogen and oxygen atoms in total. The van der Waals surface area contributed by atoms with Gasteiger partial charge >= 0.3 is 0 Å². The smallest absolute Gasteiger partial charge is 0.164 e. The maximum Gasteiger partial charge on any atom is 0.164 e. The molecule has 0 N–H and O–H groups in total. The van der Waals surface area contributed by atoms with E-state index in [0.717, 1.165) is 20.0 Å². The zero-order chi connectivity index (χ0) is 14.1. The van der Waals surface area contributed by atoms with Crippen LogP contribution in [0.25, 0.3) is 0 Å². The van der Waals surface area contributed by atoms with E-state index < -0.39 is 0 Å². The highest BCUT2D eigenvalue weighted by molar-refractivity contribution is 14.1. The number of Topliss-reactive ketones (excluding diaryl/α,β-unsaturated/α-hetero) is 1. The molecule has 0 saturated carbocycles. The van der Waals surface area contributed by atoms with Gasteiger partial charge in [0.25, 0.3) is 0 Å². The largest absolute Gasteiger partial charge is 0.294 e. The van der Waals surface area contributed by atoms with Crippen LogP contribution in [0.4, 0.5) is 0 Å². The second-order valence-corrected chi connectivity index (χ2v) is 7.02. The molecule has 1 aromatic rings. The zero-order valence-electron chi connectivity index (χ0n) is 11.6. The molecule has 1 aromatic carbocycles. The van der Waals surface area contributed by atoms with Crippen molar-refractivity contribution < 1.29 is 4.79 Å². The Hall–Kier alpha value is 0.1000. The number of benzene rings is 1. The van der Waals surface area contributed by atoms with Gasteiger partial charge in [0.1, 0.15) is 0 Å². The van der Waals surface area contributed by atoms with E-state index >= 15 is 0 Å². The van der Waals surface area contributed by atoms with Crippen molar-refractivity contribution in [3.05, 3.63) is 31.8 Å². The van der Waals surface area contributed by atoms with Gasteiger partial charge in [-0.2, -0.15) is 0 Å². The molecule has 0 aliphatic rings. The summed E-state index contributed by atoms with van der Waals surface area (Å²) in [5.74, 6) is 0.263. The summed E-state index contributed by atoms with van der Waals surface area (Å²) in [7, 11) is 0. The molecular weight excluding hydrogens is 415 g/mol. The second-order valence-electron chi connectivity index (χ2n) is 4.92. The first-order valence-corrected chi connectivity index (χ1v) is 9.00. The van der Waals surface area contributed by atoms with E-state index in [1.165, 1.54) is 38.5 Å². The van der Waals surface area contributed by atoms with Gasteiger partial charge in [0, 0.05) is 20.0 Å². The van der Waals surface area contributed by atoms with Crippen molar-refractivity contribution >= 4 is 44.3 Å². The molecule has 0 radical (unpaired) electrons. The molecule has 0 fully saturated rings. The quantitative estimate of drug-likeness (QED) is 0.249. The summed E-state index contributed by atoms with van der Waals surface area (Å²) in [6.07, 6.45) is 9.42. The molecule has 0 atom stereocenters. The van der Waals surface area contributed by atoms with E-state index in [1.54, 1.807) is 0 Å². The molecule has 0 heterocycles. The molecule has 106 valence electrons. The van der Waals surface area contributed by atoms with E-state index in [4.69, 9.17) is 0 Å². The van der Waals surface area contributed by atoms with Gasteiger partial charge in [-0.1, -0.05) is 61.4 Å². The number of rotatable bonds is 9. The summed E-state index contributed by atoms with van der Waals surface area (Å²) in [5.41, 5.74) is 0.831. The highest BCUT2D eigenvalue weighted by Crippen LogP contribution is 2.22. The van der Waals surface area contributed by atoms with Gasteiger partial charge < -0.3 is 0 Å². The number of ketones is 1. The summed E-state index contributed by atoms with van der Waals surface area (Å²) in [4.78, 5) is 12.1. The predicted octanol–water partition coefficient (Wildman–Crippen LogP) is 6.38. The minimum Gasteiger partial charge on any atom is -0.294 e. The van der Waals surface area contributed by atoms with E-state index in [2.05, 4.69) is 45.4 Å². The van der Waals surface area contributed by atoms with Crippen molar-refractivity contribution in [2.45, 2.75) is 58.3 Å². The lowest BCUT2D eigenvalue weighted by molar-refractivity contribution is 0.0978. The van der Waals surface area contributed by atoms with Gasteiger partial charge in [0.15, 0.2) is 5.78 Å². The third kappa shape index (κ3) is 6.89. The Labute approximate surface area is 138 Å². The Morgan fingerprint density at radius 1 is 1.11 bits per heavy atom. The van der Waals surface area contributed by atoms with Crippen LogP contribution in [0.15, 0.2) is 22.7 Å². The maximum absolute atomic E-state index is 12.1. The fraction of sp³-hybridized carbons (Fsp3) is 0.562. The molecule has 19 heavy (non-hydrogen) atoms. The minimum atomic E-state index is 0.263. The average molecular weight is 437 g/mol. The highest BCUT2D eigenvalue weighted by atomic mass is 127. The lowest BCUT2D eigenvalue weighted by Gasteiger charge is -2.05. The monoisotopic (exact) mass is 436 g/mol. The Morgan fingerprint density at radius 2 is 1.74 bits per heavy atom. The van der Waals surface area contributed by atoms with Gasteiger partial charge in [-0.25, -0.2) is 0 Å². The molecule has 0 spiro atoms. The number of carbonyl (C=O) groups excluding carboxylic acids is 1. The van der Waals surface area contributed by atoms with E-state index in [1.807, 2.05) is 18.2 Å². The molecule has 1 rings (SSSR count). The summed E-state index contributed by atoms with van der Waals surface area (Å²) in [5, 5.41) is 0. The third-order valence-electron chi connectivity index (χ3n) is 3.24. The maximum atomic E-state index is 12.1. The predicted molar refractivity (Wildman–Crippen MR) is 93.8 cm³/mol. The van der Waals surface area contributed by atoms with E-state index in [0.29, 0.717) is 6.42 Å². The molecule has 0 aliphatic carbocycles.